The number of rotatable bonds is 5. The summed E-state index contributed by atoms with van der Waals surface area (Å²) >= 11 is 0. The quantitative estimate of drug-likeness (QED) is 0.532. The van der Waals surface area contributed by atoms with Gasteiger partial charge in [-0.15, -0.1) is 12.4 Å². The standard InChI is InChI=1S/C8H17NO2.ClH/c1-4-5-6-9-7(2)8(10)11-3;/h7,9H,4-6H2,1-3H3;1H. The highest BCUT2D eigenvalue weighted by atomic mass is 35.5. The van der Waals surface area contributed by atoms with E-state index in [1.807, 2.05) is 6.92 Å². The van der Waals surface area contributed by atoms with E-state index >= 15 is 0 Å². The SMILES string of the molecule is CCCCNC(C)C(=O)OC.Cl. The van der Waals surface area contributed by atoms with E-state index in [2.05, 4.69) is 17.0 Å². The monoisotopic (exact) mass is 195 g/mol. The van der Waals surface area contributed by atoms with Crippen molar-refractivity contribution >= 4 is 18.4 Å². The van der Waals surface area contributed by atoms with Crippen molar-refractivity contribution in [2.45, 2.75) is 32.7 Å². The number of carbonyl (C=O) groups is 1. The Bertz CT molecular complexity index is 120. The first kappa shape index (κ1) is 14.3. The van der Waals surface area contributed by atoms with Crippen LogP contribution in [0.2, 0.25) is 0 Å². The molecular formula is C8H18ClNO2. The van der Waals surface area contributed by atoms with Gasteiger partial charge in [-0.1, -0.05) is 13.3 Å². The Labute approximate surface area is 80.3 Å². The molecule has 1 unspecified atom stereocenters. The van der Waals surface area contributed by atoms with Gasteiger partial charge < -0.3 is 10.1 Å². The van der Waals surface area contributed by atoms with Crippen molar-refractivity contribution in [1.82, 2.24) is 5.32 Å². The van der Waals surface area contributed by atoms with Gasteiger partial charge in [0.15, 0.2) is 0 Å². The van der Waals surface area contributed by atoms with E-state index in [1.54, 1.807) is 0 Å². The molecule has 0 aliphatic carbocycles. The van der Waals surface area contributed by atoms with Crippen LogP contribution in [0.4, 0.5) is 0 Å². The largest absolute Gasteiger partial charge is 0.468 e. The van der Waals surface area contributed by atoms with E-state index in [1.165, 1.54) is 7.11 Å². The topological polar surface area (TPSA) is 38.3 Å². The van der Waals surface area contributed by atoms with Crippen LogP contribution in [-0.2, 0) is 9.53 Å². The van der Waals surface area contributed by atoms with Gasteiger partial charge in [0.2, 0.25) is 0 Å². The maximum Gasteiger partial charge on any atom is 0.322 e. The molecule has 0 aromatic heterocycles. The van der Waals surface area contributed by atoms with Crippen LogP contribution < -0.4 is 5.32 Å². The van der Waals surface area contributed by atoms with Crippen molar-refractivity contribution in [1.29, 1.82) is 0 Å². The zero-order chi connectivity index (χ0) is 8.69. The van der Waals surface area contributed by atoms with Gasteiger partial charge in [0.25, 0.3) is 0 Å². The van der Waals surface area contributed by atoms with Crippen molar-refractivity contribution in [3.8, 4) is 0 Å². The van der Waals surface area contributed by atoms with Crippen molar-refractivity contribution in [3.63, 3.8) is 0 Å². The molecule has 4 heteroatoms. The smallest absolute Gasteiger partial charge is 0.322 e. The summed E-state index contributed by atoms with van der Waals surface area (Å²) in [5, 5.41) is 3.06. The number of halogens is 1. The van der Waals surface area contributed by atoms with Crippen molar-refractivity contribution in [3.05, 3.63) is 0 Å². The minimum Gasteiger partial charge on any atom is -0.468 e. The molecule has 12 heavy (non-hydrogen) atoms. The fourth-order valence-electron chi connectivity index (χ4n) is 0.755. The molecule has 1 atom stereocenters. The molecule has 0 saturated carbocycles. The van der Waals surface area contributed by atoms with E-state index in [0.717, 1.165) is 19.4 Å². The summed E-state index contributed by atoms with van der Waals surface area (Å²) in [6.45, 7) is 4.80. The van der Waals surface area contributed by atoms with Gasteiger partial charge in [0, 0.05) is 0 Å². The molecule has 0 aliphatic rings. The lowest BCUT2D eigenvalue weighted by Crippen LogP contribution is -2.35. The first-order valence-corrected chi connectivity index (χ1v) is 4.03. The van der Waals surface area contributed by atoms with Crippen molar-refractivity contribution in [2.75, 3.05) is 13.7 Å². The maximum absolute atomic E-state index is 10.8. The zero-order valence-corrected chi connectivity index (χ0v) is 8.74. The number of methoxy groups -OCH3 is 1. The second-order valence-electron chi connectivity index (χ2n) is 2.55. The molecule has 0 aromatic rings. The maximum atomic E-state index is 10.8. The summed E-state index contributed by atoms with van der Waals surface area (Å²) in [6.07, 6.45) is 2.24. The summed E-state index contributed by atoms with van der Waals surface area (Å²) in [6, 6.07) is -0.174. The molecular weight excluding hydrogens is 178 g/mol. The highest BCUT2D eigenvalue weighted by Crippen LogP contribution is 1.88. The van der Waals surface area contributed by atoms with Gasteiger partial charge in [-0.25, -0.2) is 0 Å². The summed E-state index contributed by atoms with van der Waals surface area (Å²) < 4.78 is 4.54. The molecule has 0 rings (SSSR count). The normalized spacial score (nSPS) is 11.6. The summed E-state index contributed by atoms with van der Waals surface area (Å²) in [4.78, 5) is 10.8. The molecule has 0 aromatic carbocycles. The number of carbonyl (C=O) groups excluding carboxylic acids is 1. The number of unbranched alkanes of at least 4 members (excludes halogenated alkanes) is 1. The third-order valence-electron chi connectivity index (χ3n) is 1.54. The van der Waals surface area contributed by atoms with Crippen molar-refractivity contribution in [2.24, 2.45) is 0 Å². The summed E-state index contributed by atoms with van der Waals surface area (Å²) in [5.41, 5.74) is 0. The second kappa shape index (κ2) is 8.81. The number of hydrogen-bond donors (Lipinski definition) is 1. The molecule has 0 fully saturated rings. The molecule has 0 bridgehead atoms. The number of ether oxygens (including phenoxy) is 1. The Balaban J connectivity index is 0. The third-order valence-corrected chi connectivity index (χ3v) is 1.54. The Morgan fingerprint density at radius 3 is 2.58 bits per heavy atom. The molecule has 74 valence electrons. The van der Waals surface area contributed by atoms with Crippen LogP contribution in [0, 0.1) is 0 Å². The number of nitrogens with one attached hydrogen (secondary N) is 1. The van der Waals surface area contributed by atoms with Crippen LogP contribution >= 0.6 is 12.4 Å². The lowest BCUT2D eigenvalue weighted by Gasteiger charge is -2.09. The summed E-state index contributed by atoms with van der Waals surface area (Å²) in [5.74, 6) is -0.193. The first-order chi connectivity index (χ1) is 5.22. The first-order valence-electron chi connectivity index (χ1n) is 4.03. The van der Waals surface area contributed by atoms with Crippen LogP contribution in [0.3, 0.4) is 0 Å². The number of esters is 1. The van der Waals surface area contributed by atoms with Crippen LogP contribution in [0.5, 0.6) is 0 Å². The van der Waals surface area contributed by atoms with Crippen LogP contribution in [-0.4, -0.2) is 25.7 Å². The average molecular weight is 196 g/mol. The minimum absolute atomic E-state index is 0. The van der Waals surface area contributed by atoms with Gasteiger partial charge in [-0.05, 0) is 19.9 Å². The van der Waals surface area contributed by atoms with Crippen LogP contribution in [0.1, 0.15) is 26.7 Å². The van der Waals surface area contributed by atoms with E-state index < -0.39 is 0 Å². The Morgan fingerprint density at radius 1 is 1.58 bits per heavy atom. The van der Waals surface area contributed by atoms with Crippen LogP contribution in [0.15, 0.2) is 0 Å². The van der Waals surface area contributed by atoms with Crippen molar-refractivity contribution < 1.29 is 9.53 Å². The molecule has 0 amide bonds. The van der Waals surface area contributed by atoms with Gasteiger partial charge in [-0.2, -0.15) is 0 Å². The highest BCUT2D eigenvalue weighted by molar-refractivity contribution is 5.85. The second-order valence-corrected chi connectivity index (χ2v) is 2.55. The highest BCUT2D eigenvalue weighted by Gasteiger charge is 2.10. The molecule has 1 N–H and O–H groups in total. The average Bonchev–Trinajstić information content (AvgIpc) is 2.03. The van der Waals surface area contributed by atoms with Gasteiger partial charge >= 0.3 is 5.97 Å². The van der Waals surface area contributed by atoms with Gasteiger partial charge in [0.05, 0.1) is 7.11 Å². The van der Waals surface area contributed by atoms with Crippen LogP contribution in [0.25, 0.3) is 0 Å². The predicted molar refractivity (Wildman–Crippen MR) is 51.6 cm³/mol. The molecule has 0 radical (unpaired) electrons. The predicted octanol–water partition coefficient (Wildman–Crippen LogP) is 1.36. The van der Waals surface area contributed by atoms with E-state index in [9.17, 15) is 4.79 Å². The van der Waals surface area contributed by atoms with Gasteiger partial charge in [-0.3, -0.25) is 4.79 Å². The van der Waals surface area contributed by atoms with Gasteiger partial charge in [0.1, 0.15) is 6.04 Å². The lowest BCUT2D eigenvalue weighted by molar-refractivity contribution is -0.142. The Kier molecular flexibility index (Phi) is 10.5. The Morgan fingerprint density at radius 2 is 2.17 bits per heavy atom. The zero-order valence-electron chi connectivity index (χ0n) is 7.92. The molecule has 0 saturated heterocycles. The molecule has 0 aliphatic heterocycles. The van der Waals surface area contributed by atoms with E-state index in [0.29, 0.717) is 0 Å². The fraction of sp³-hybridized carbons (Fsp3) is 0.875. The lowest BCUT2D eigenvalue weighted by atomic mass is 10.3. The Hall–Kier alpha value is -0.280. The minimum atomic E-state index is -0.193. The number of hydrogen-bond acceptors (Lipinski definition) is 3. The van der Waals surface area contributed by atoms with E-state index in [4.69, 9.17) is 0 Å². The summed E-state index contributed by atoms with van der Waals surface area (Å²) in [7, 11) is 1.40. The molecule has 0 heterocycles. The molecule has 0 spiro atoms. The van der Waals surface area contributed by atoms with E-state index in [-0.39, 0.29) is 24.4 Å². The molecule has 3 nitrogen and oxygen atoms in total. The third kappa shape index (κ3) is 6.43. The fourth-order valence-corrected chi connectivity index (χ4v) is 0.755.